The minimum atomic E-state index is -2.31. The minimum Gasteiger partial charge on any atom is -0.422 e. The van der Waals surface area contributed by atoms with Gasteiger partial charge >= 0.3 is 11.9 Å². The fraction of sp³-hybridized carbons (Fsp3) is 0.194. The van der Waals surface area contributed by atoms with Gasteiger partial charge in [0.2, 0.25) is 5.41 Å². The van der Waals surface area contributed by atoms with Crippen molar-refractivity contribution in [1.29, 1.82) is 0 Å². The molecule has 2 saturated heterocycles. The molecule has 1 spiro atoms. The molecule has 0 bridgehead atoms. The molecule has 7 heteroatoms. The average molecular weight is 508 g/mol. The van der Waals surface area contributed by atoms with Gasteiger partial charge in [0, 0.05) is 31.7 Å². The first-order valence-electron chi connectivity index (χ1n) is 12.3. The van der Waals surface area contributed by atoms with Gasteiger partial charge in [0.15, 0.2) is 11.4 Å². The van der Waals surface area contributed by atoms with Gasteiger partial charge in [-0.3, -0.25) is 14.4 Å². The van der Waals surface area contributed by atoms with Crippen LogP contribution in [0.4, 0.5) is 0 Å². The van der Waals surface area contributed by atoms with Crippen LogP contribution in [0.25, 0.3) is 6.08 Å². The molecule has 0 radical (unpaired) electrons. The molecule has 0 unspecified atom stereocenters. The Labute approximate surface area is 219 Å². The van der Waals surface area contributed by atoms with Gasteiger partial charge in [0.05, 0.1) is 11.7 Å². The van der Waals surface area contributed by atoms with Crippen molar-refractivity contribution >= 4 is 23.8 Å². The van der Waals surface area contributed by atoms with E-state index in [1.807, 2.05) is 18.2 Å². The molecule has 2 atom stereocenters. The number of allylic oxidation sites excluding steroid dienone is 1. The second-order valence-electron chi connectivity index (χ2n) is 10.1. The van der Waals surface area contributed by atoms with Crippen LogP contribution >= 0.6 is 0 Å². The summed E-state index contributed by atoms with van der Waals surface area (Å²) >= 11 is 0. The lowest BCUT2D eigenvalue weighted by Crippen LogP contribution is -2.63. The molecule has 0 aliphatic carbocycles. The molecular weight excluding hydrogens is 482 g/mol. The monoisotopic (exact) mass is 507 g/mol. The Morgan fingerprint density at radius 1 is 0.868 bits per heavy atom. The van der Waals surface area contributed by atoms with Gasteiger partial charge in [0.1, 0.15) is 0 Å². The molecule has 3 aliphatic rings. The van der Waals surface area contributed by atoms with Gasteiger partial charge in [-0.2, -0.15) is 0 Å². The molecule has 3 aromatic rings. The first-order chi connectivity index (χ1) is 18.2. The number of aliphatic hydroxyl groups is 1. The maximum atomic E-state index is 14.2. The number of rotatable bonds is 3. The lowest BCUT2D eigenvalue weighted by atomic mass is 9.63. The van der Waals surface area contributed by atoms with Crippen molar-refractivity contribution in [2.45, 2.75) is 31.3 Å². The number of ether oxygens (including phenoxy) is 2. The summed E-state index contributed by atoms with van der Waals surface area (Å²) in [5.74, 6) is -3.78. The number of ketones is 1. The Balaban J connectivity index is 1.70. The van der Waals surface area contributed by atoms with E-state index in [2.05, 4.69) is 0 Å². The summed E-state index contributed by atoms with van der Waals surface area (Å²) in [7, 11) is 0. The second kappa shape index (κ2) is 8.26. The van der Waals surface area contributed by atoms with Crippen LogP contribution in [0.3, 0.4) is 0 Å². The zero-order valence-corrected chi connectivity index (χ0v) is 20.8. The van der Waals surface area contributed by atoms with Crippen LogP contribution in [0.1, 0.15) is 46.9 Å². The van der Waals surface area contributed by atoms with E-state index in [0.717, 1.165) is 5.56 Å². The van der Waals surface area contributed by atoms with E-state index >= 15 is 0 Å². The van der Waals surface area contributed by atoms with Crippen molar-refractivity contribution in [3.63, 3.8) is 0 Å². The summed E-state index contributed by atoms with van der Waals surface area (Å²) in [4.78, 5) is 43.4. The van der Waals surface area contributed by atoms with Crippen LogP contribution in [-0.2, 0) is 24.7 Å². The number of nitrogens with zero attached hydrogens (tertiary/aromatic N) is 1. The molecular formula is C31H25NO6. The average Bonchev–Trinajstić information content (AvgIpc) is 3.14. The fourth-order valence-electron chi connectivity index (χ4n) is 5.83. The zero-order valence-electron chi connectivity index (χ0n) is 20.8. The quantitative estimate of drug-likeness (QED) is 0.241. The summed E-state index contributed by atoms with van der Waals surface area (Å²) in [6.45, 7) is 2.93. The number of fused-ring (bicyclic) bond motifs is 4. The first-order valence-corrected chi connectivity index (χ1v) is 12.3. The fourth-order valence-corrected chi connectivity index (χ4v) is 5.83. The number of carbonyl (C=O) groups is 3. The van der Waals surface area contributed by atoms with Crippen molar-refractivity contribution in [3.8, 4) is 0 Å². The second-order valence-corrected chi connectivity index (χ2v) is 10.1. The Hall–Kier alpha value is -4.49. The SMILES string of the molecule is CC1(C)OC(=O)C2(C(=O)O1)[C@@H]1c3ccccc3C=CN1/C(=C\C(=O)c1ccccc1)[C@@]2(O)c1ccccc1. The maximum absolute atomic E-state index is 14.2. The van der Waals surface area contributed by atoms with E-state index in [0.29, 0.717) is 11.1 Å². The van der Waals surface area contributed by atoms with E-state index < -0.39 is 40.6 Å². The molecule has 3 aromatic carbocycles. The third kappa shape index (κ3) is 3.15. The van der Waals surface area contributed by atoms with Crippen LogP contribution in [0.15, 0.2) is 103 Å². The van der Waals surface area contributed by atoms with Gasteiger partial charge in [0.25, 0.3) is 5.79 Å². The molecule has 0 amide bonds. The number of esters is 2. The predicted octanol–water partition coefficient (Wildman–Crippen LogP) is 4.50. The first kappa shape index (κ1) is 23.9. The molecule has 0 saturated carbocycles. The molecule has 190 valence electrons. The predicted molar refractivity (Wildman–Crippen MR) is 138 cm³/mol. The molecule has 2 fully saturated rings. The Morgan fingerprint density at radius 3 is 2.11 bits per heavy atom. The van der Waals surface area contributed by atoms with E-state index in [4.69, 9.17) is 9.47 Å². The molecule has 3 heterocycles. The van der Waals surface area contributed by atoms with E-state index in [9.17, 15) is 19.5 Å². The van der Waals surface area contributed by atoms with Gasteiger partial charge in [-0.15, -0.1) is 0 Å². The van der Waals surface area contributed by atoms with Crippen molar-refractivity contribution in [2.24, 2.45) is 5.41 Å². The highest BCUT2D eigenvalue weighted by molar-refractivity contribution is 6.09. The van der Waals surface area contributed by atoms with Crippen molar-refractivity contribution < 1.29 is 29.0 Å². The molecule has 3 aliphatic heterocycles. The van der Waals surface area contributed by atoms with Crippen LogP contribution in [0, 0.1) is 5.41 Å². The molecule has 1 N–H and O–H groups in total. The Morgan fingerprint density at radius 2 is 1.45 bits per heavy atom. The number of benzene rings is 3. The highest BCUT2D eigenvalue weighted by Gasteiger charge is 2.79. The standard InChI is InChI=1S/C31H25NO6/c1-29(2)37-27(34)30(28(35)38-29)26-23-16-10-9-11-20(23)17-18-32(26)25(19-24(33)21-12-5-3-6-13-21)31(30,36)22-14-7-4-8-15-22/h3-19,26,36H,1-2H3/b25-19-/t26-,31-/m0/s1. The summed E-state index contributed by atoms with van der Waals surface area (Å²) in [5.41, 5.74) is -2.48. The Kier molecular flexibility index (Phi) is 5.19. The molecule has 6 rings (SSSR count). The molecule has 0 aromatic heterocycles. The summed E-state index contributed by atoms with van der Waals surface area (Å²) in [6, 6.07) is 23.3. The highest BCUT2D eigenvalue weighted by Crippen LogP contribution is 2.66. The number of hydrogen-bond acceptors (Lipinski definition) is 7. The van der Waals surface area contributed by atoms with Crippen molar-refractivity contribution in [3.05, 3.63) is 125 Å². The van der Waals surface area contributed by atoms with Gasteiger partial charge < -0.3 is 19.5 Å². The number of cyclic esters (lactones) is 2. The van der Waals surface area contributed by atoms with Gasteiger partial charge in [-0.05, 0) is 22.8 Å². The van der Waals surface area contributed by atoms with Crippen LogP contribution in [-0.4, -0.2) is 33.5 Å². The van der Waals surface area contributed by atoms with Crippen molar-refractivity contribution in [1.82, 2.24) is 4.90 Å². The van der Waals surface area contributed by atoms with Crippen LogP contribution in [0.5, 0.6) is 0 Å². The summed E-state index contributed by atoms with van der Waals surface area (Å²) < 4.78 is 11.4. The van der Waals surface area contributed by atoms with Gasteiger partial charge in [-0.1, -0.05) is 84.9 Å². The normalized spacial score (nSPS) is 25.5. The van der Waals surface area contributed by atoms with E-state index in [-0.39, 0.29) is 11.3 Å². The maximum Gasteiger partial charge on any atom is 0.333 e. The lowest BCUT2D eigenvalue weighted by molar-refractivity contribution is -0.265. The third-order valence-corrected chi connectivity index (χ3v) is 7.45. The number of carbonyl (C=O) groups excluding carboxylic acids is 3. The largest absolute Gasteiger partial charge is 0.422 e. The summed E-state index contributed by atoms with van der Waals surface area (Å²) in [5, 5.41) is 12.9. The topological polar surface area (TPSA) is 93.1 Å². The lowest BCUT2D eigenvalue weighted by Gasteiger charge is -2.46. The molecule has 7 nitrogen and oxygen atoms in total. The zero-order chi connectivity index (χ0) is 26.7. The van der Waals surface area contributed by atoms with Crippen molar-refractivity contribution in [2.75, 3.05) is 0 Å². The smallest absolute Gasteiger partial charge is 0.333 e. The summed E-state index contributed by atoms with van der Waals surface area (Å²) in [6.07, 6.45) is 4.79. The minimum absolute atomic E-state index is 0.0712. The van der Waals surface area contributed by atoms with Crippen LogP contribution in [0.2, 0.25) is 0 Å². The van der Waals surface area contributed by atoms with E-state index in [1.165, 1.54) is 19.9 Å². The third-order valence-electron chi connectivity index (χ3n) is 7.45. The van der Waals surface area contributed by atoms with Crippen LogP contribution < -0.4 is 0 Å². The number of hydrogen-bond donors (Lipinski definition) is 1. The van der Waals surface area contributed by atoms with E-state index in [1.54, 1.807) is 83.9 Å². The Bertz CT molecular complexity index is 1500. The molecule has 38 heavy (non-hydrogen) atoms. The van der Waals surface area contributed by atoms with Gasteiger partial charge in [-0.25, -0.2) is 0 Å². The highest BCUT2D eigenvalue weighted by atomic mass is 16.7.